The summed E-state index contributed by atoms with van der Waals surface area (Å²) in [6.45, 7) is 5.65. The van der Waals surface area contributed by atoms with E-state index in [0.717, 1.165) is 5.56 Å². The average molecular weight is 324 g/mol. The van der Waals surface area contributed by atoms with E-state index < -0.39 is 6.04 Å². The Balaban J connectivity index is 2.65. The van der Waals surface area contributed by atoms with Crippen LogP contribution in [0.5, 0.6) is 0 Å². The number of halogens is 1. The summed E-state index contributed by atoms with van der Waals surface area (Å²) in [5.74, 6) is -0.844. The van der Waals surface area contributed by atoms with Crippen molar-refractivity contribution in [2.24, 2.45) is 5.92 Å². The van der Waals surface area contributed by atoms with Crippen molar-refractivity contribution < 1.29 is 18.7 Å². The van der Waals surface area contributed by atoms with Crippen molar-refractivity contribution in [3.8, 4) is 0 Å². The number of carbonyl (C=O) groups excluding carboxylic acids is 2. The first-order valence-electron chi connectivity index (χ1n) is 7.60. The maximum absolute atomic E-state index is 13.0. The van der Waals surface area contributed by atoms with Gasteiger partial charge in [0.05, 0.1) is 19.7 Å². The largest absolute Gasteiger partial charge is 0.468 e. The van der Waals surface area contributed by atoms with Gasteiger partial charge in [0.25, 0.3) is 0 Å². The quantitative estimate of drug-likeness (QED) is 0.781. The zero-order chi connectivity index (χ0) is 17.6. The number of amides is 1. The predicted molar refractivity (Wildman–Crippen MR) is 86.2 cm³/mol. The third-order valence-corrected chi connectivity index (χ3v) is 3.92. The summed E-state index contributed by atoms with van der Waals surface area (Å²) in [6, 6.07) is 5.33. The molecule has 0 aliphatic rings. The first-order chi connectivity index (χ1) is 10.8. The minimum atomic E-state index is -0.529. The molecule has 128 valence electrons. The highest BCUT2D eigenvalue weighted by molar-refractivity contribution is 5.80. The smallest absolute Gasteiger partial charge is 0.323 e. The molecule has 1 N–H and O–H groups in total. The lowest BCUT2D eigenvalue weighted by Crippen LogP contribution is -2.47. The normalized spacial score (nSPS) is 13.5. The first-order valence-corrected chi connectivity index (χ1v) is 7.60. The third kappa shape index (κ3) is 5.32. The Kier molecular flexibility index (Phi) is 7.16. The Labute approximate surface area is 136 Å². The lowest BCUT2D eigenvalue weighted by molar-refractivity contribution is -0.144. The second-order valence-electron chi connectivity index (χ2n) is 5.86. The fourth-order valence-corrected chi connectivity index (χ4v) is 2.22. The van der Waals surface area contributed by atoms with E-state index in [-0.39, 0.29) is 36.2 Å². The maximum Gasteiger partial charge on any atom is 0.323 e. The molecule has 0 saturated heterocycles. The van der Waals surface area contributed by atoms with E-state index in [1.165, 1.54) is 19.2 Å². The van der Waals surface area contributed by atoms with E-state index in [4.69, 9.17) is 4.74 Å². The fraction of sp³-hybridized carbons (Fsp3) is 0.529. The molecule has 23 heavy (non-hydrogen) atoms. The van der Waals surface area contributed by atoms with Gasteiger partial charge in [-0.25, -0.2) is 4.39 Å². The molecule has 0 saturated carbocycles. The first kappa shape index (κ1) is 19.1. The lowest BCUT2D eigenvalue weighted by Gasteiger charge is -2.27. The number of carbonyl (C=O) groups is 2. The summed E-state index contributed by atoms with van der Waals surface area (Å²) < 4.78 is 17.7. The highest BCUT2D eigenvalue weighted by Gasteiger charge is 2.25. The van der Waals surface area contributed by atoms with Crippen LogP contribution in [0.25, 0.3) is 0 Å². The van der Waals surface area contributed by atoms with E-state index in [2.05, 4.69) is 5.32 Å². The molecule has 0 aliphatic heterocycles. The molecule has 1 rings (SSSR count). The topological polar surface area (TPSA) is 58.6 Å². The maximum atomic E-state index is 13.0. The minimum Gasteiger partial charge on any atom is -0.468 e. The van der Waals surface area contributed by atoms with Gasteiger partial charge >= 0.3 is 5.97 Å². The van der Waals surface area contributed by atoms with Gasteiger partial charge in [0.1, 0.15) is 11.9 Å². The van der Waals surface area contributed by atoms with Crippen LogP contribution >= 0.6 is 0 Å². The molecule has 0 aliphatic carbocycles. The molecular formula is C17H25FN2O3. The molecule has 1 aromatic carbocycles. The molecular weight excluding hydrogens is 299 g/mol. The third-order valence-electron chi connectivity index (χ3n) is 3.92. The number of ether oxygens (including phenoxy) is 1. The van der Waals surface area contributed by atoms with Gasteiger partial charge in [-0.2, -0.15) is 0 Å². The van der Waals surface area contributed by atoms with Crippen molar-refractivity contribution in [3.63, 3.8) is 0 Å². The predicted octanol–water partition coefficient (Wildman–Crippen LogP) is 2.13. The Hall–Kier alpha value is -1.95. The van der Waals surface area contributed by atoms with Crippen LogP contribution in [0.4, 0.5) is 4.39 Å². The van der Waals surface area contributed by atoms with E-state index in [1.807, 2.05) is 20.8 Å². The van der Waals surface area contributed by atoms with Crippen LogP contribution < -0.4 is 5.32 Å². The number of nitrogens with one attached hydrogen (secondary N) is 1. The van der Waals surface area contributed by atoms with Crippen molar-refractivity contribution in [2.75, 3.05) is 20.7 Å². The Morgan fingerprint density at radius 3 is 2.26 bits per heavy atom. The summed E-state index contributed by atoms with van der Waals surface area (Å²) in [4.78, 5) is 25.5. The Morgan fingerprint density at radius 1 is 1.22 bits per heavy atom. The Morgan fingerprint density at radius 2 is 1.78 bits per heavy atom. The number of esters is 1. The van der Waals surface area contributed by atoms with E-state index in [1.54, 1.807) is 24.1 Å². The van der Waals surface area contributed by atoms with Crippen molar-refractivity contribution in [1.29, 1.82) is 0 Å². The van der Waals surface area contributed by atoms with E-state index in [0.29, 0.717) is 0 Å². The number of hydrogen-bond donors (Lipinski definition) is 1. The van der Waals surface area contributed by atoms with Gasteiger partial charge in [-0.3, -0.25) is 14.9 Å². The molecule has 0 heterocycles. The van der Waals surface area contributed by atoms with Gasteiger partial charge in [-0.15, -0.1) is 0 Å². The SMILES string of the molecule is COC(=O)C(NCC(=O)N(C)C(C)c1ccc(F)cc1)C(C)C. The molecule has 0 radical (unpaired) electrons. The average Bonchev–Trinajstić information content (AvgIpc) is 2.53. The summed E-state index contributed by atoms with van der Waals surface area (Å²) in [6.07, 6.45) is 0. The van der Waals surface area contributed by atoms with Gasteiger partial charge in [0.15, 0.2) is 0 Å². The summed E-state index contributed by atoms with van der Waals surface area (Å²) in [7, 11) is 3.00. The van der Waals surface area contributed by atoms with Crippen LogP contribution in [0, 0.1) is 11.7 Å². The van der Waals surface area contributed by atoms with Crippen molar-refractivity contribution >= 4 is 11.9 Å². The van der Waals surface area contributed by atoms with Crippen LogP contribution in [-0.2, 0) is 14.3 Å². The summed E-state index contributed by atoms with van der Waals surface area (Å²) in [5.41, 5.74) is 0.843. The standard InChI is InChI=1S/C17H25FN2O3/c1-11(2)16(17(22)23-5)19-10-15(21)20(4)12(3)13-6-8-14(18)9-7-13/h6-9,11-12,16,19H,10H2,1-5H3. The van der Waals surface area contributed by atoms with Gasteiger partial charge in [-0.1, -0.05) is 26.0 Å². The van der Waals surface area contributed by atoms with Crippen molar-refractivity contribution in [1.82, 2.24) is 10.2 Å². The van der Waals surface area contributed by atoms with Gasteiger partial charge < -0.3 is 9.64 Å². The molecule has 2 unspecified atom stereocenters. The lowest BCUT2D eigenvalue weighted by atomic mass is 10.0. The van der Waals surface area contributed by atoms with E-state index in [9.17, 15) is 14.0 Å². The number of nitrogens with zero attached hydrogens (tertiary/aromatic N) is 1. The van der Waals surface area contributed by atoms with Crippen LogP contribution in [0.15, 0.2) is 24.3 Å². The second-order valence-corrected chi connectivity index (χ2v) is 5.86. The number of likely N-dealkylation sites (N-methyl/N-ethyl adjacent to an activating group) is 1. The number of benzene rings is 1. The summed E-state index contributed by atoms with van der Waals surface area (Å²) >= 11 is 0. The molecule has 0 bridgehead atoms. The number of hydrogen-bond acceptors (Lipinski definition) is 4. The van der Waals surface area contributed by atoms with Crippen LogP contribution in [0.2, 0.25) is 0 Å². The highest BCUT2D eigenvalue weighted by atomic mass is 19.1. The zero-order valence-corrected chi connectivity index (χ0v) is 14.3. The Bertz CT molecular complexity index is 531. The monoisotopic (exact) mass is 324 g/mol. The summed E-state index contributed by atoms with van der Waals surface area (Å²) in [5, 5.41) is 2.94. The molecule has 0 spiro atoms. The minimum absolute atomic E-state index is 0.00933. The van der Waals surface area contributed by atoms with Gasteiger partial charge in [0.2, 0.25) is 5.91 Å². The van der Waals surface area contributed by atoms with Crippen LogP contribution in [0.1, 0.15) is 32.4 Å². The molecule has 2 atom stereocenters. The number of methoxy groups -OCH3 is 1. The molecule has 6 heteroatoms. The molecule has 0 fully saturated rings. The van der Waals surface area contributed by atoms with Crippen molar-refractivity contribution in [3.05, 3.63) is 35.6 Å². The van der Waals surface area contributed by atoms with Gasteiger partial charge in [0, 0.05) is 7.05 Å². The highest BCUT2D eigenvalue weighted by Crippen LogP contribution is 2.19. The number of rotatable bonds is 7. The second kappa shape index (κ2) is 8.62. The molecule has 1 aromatic rings. The van der Waals surface area contributed by atoms with Crippen LogP contribution in [-0.4, -0.2) is 43.5 Å². The molecule has 0 aromatic heterocycles. The van der Waals surface area contributed by atoms with Crippen molar-refractivity contribution in [2.45, 2.75) is 32.9 Å². The fourth-order valence-electron chi connectivity index (χ4n) is 2.22. The van der Waals surface area contributed by atoms with E-state index >= 15 is 0 Å². The molecule has 1 amide bonds. The van der Waals surface area contributed by atoms with Gasteiger partial charge in [-0.05, 0) is 30.5 Å². The van der Waals surface area contributed by atoms with Crippen LogP contribution in [0.3, 0.4) is 0 Å². The zero-order valence-electron chi connectivity index (χ0n) is 14.3. The molecule has 5 nitrogen and oxygen atoms in total.